The molecule has 0 saturated carbocycles. The van der Waals surface area contributed by atoms with Crippen LogP contribution in [0.2, 0.25) is 0 Å². The van der Waals surface area contributed by atoms with Crippen LogP contribution in [-0.4, -0.2) is 47.3 Å². The summed E-state index contributed by atoms with van der Waals surface area (Å²) in [7, 11) is 0. The average molecular weight is 524 g/mol. The number of carbonyl (C=O) groups is 4. The Bertz CT molecular complexity index is 1300. The molecule has 8 nitrogen and oxygen atoms in total. The number of hydrogen-bond acceptors (Lipinski definition) is 5. The number of nitrogens with zero attached hydrogens (tertiary/aromatic N) is 1. The first kappa shape index (κ1) is 27.8. The normalized spacial score (nSPS) is 12.2. The molecule has 196 valence electrons. The van der Waals surface area contributed by atoms with Crippen LogP contribution in [0.5, 0.6) is 0 Å². The highest BCUT2D eigenvalue weighted by Gasteiger charge is 2.41. The third-order valence-corrected chi connectivity index (χ3v) is 5.19. The second-order valence-electron chi connectivity index (χ2n) is 8.01. The number of amides is 3. The number of alkyl halides is 3. The first-order valence-electron chi connectivity index (χ1n) is 11.3. The first-order chi connectivity index (χ1) is 18.1. The Kier molecular flexibility index (Phi) is 9.47. The van der Waals surface area contributed by atoms with Crippen molar-refractivity contribution in [3.63, 3.8) is 0 Å². The molecule has 0 aliphatic heterocycles. The Labute approximate surface area is 216 Å². The van der Waals surface area contributed by atoms with Gasteiger partial charge < -0.3 is 16.0 Å². The van der Waals surface area contributed by atoms with Gasteiger partial charge in [-0.2, -0.15) is 13.2 Å². The van der Waals surface area contributed by atoms with Crippen LogP contribution in [0.25, 0.3) is 6.08 Å². The number of ketones is 1. The lowest BCUT2D eigenvalue weighted by Crippen LogP contribution is -2.52. The number of carbonyl (C=O) groups excluding carboxylic acids is 4. The lowest BCUT2D eigenvalue weighted by atomic mass is 10.0. The maximum Gasteiger partial charge on any atom is 0.471 e. The topological polar surface area (TPSA) is 117 Å². The van der Waals surface area contributed by atoms with Crippen molar-refractivity contribution in [2.45, 2.75) is 18.6 Å². The zero-order valence-electron chi connectivity index (χ0n) is 19.9. The van der Waals surface area contributed by atoms with Crippen LogP contribution < -0.4 is 16.0 Å². The predicted molar refractivity (Wildman–Crippen MR) is 132 cm³/mol. The van der Waals surface area contributed by atoms with Gasteiger partial charge in [0.05, 0.1) is 6.54 Å². The van der Waals surface area contributed by atoms with Crippen molar-refractivity contribution in [2.24, 2.45) is 0 Å². The lowest BCUT2D eigenvalue weighted by Gasteiger charge is -2.20. The van der Waals surface area contributed by atoms with E-state index >= 15 is 0 Å². The van der Waals surface area contributed by atoms with Crippen molar-refractivity contribution in [3.8, 4) is 0 Å². The molecule has 0 saturated heterocycles. The minimum absolute atomic E-state index is 0.269. The van der Waals surface area contributed by atoms with Gasteiger partial charge in [0.15, 0.2) is 5.78 Å². The fourth-order valence-corrected chi connectivity index (χ4v) is 3.29. The van der Waals surface area contributed by atoms with Gasteiger partial charge in [-0.1, -0.05) is 60.7 Å². The van der Waals surface area contributed by atoms with Crippen LogP contribution in [-0.2, 0) is 20.8 Å². The highest BCUT2D eigenvalue weighted by molar-refractivity contribution is 6.05. The number of Topliss-reactive ketones (excluding diaryl/α,β-unsaturated/α-hetero) is 1. The van der Waals surface area contributed by atoms with E-state index < -0.39 is 42.3 Å². The van der Waals surface area contributed by atoms with Gasteiger partial charge in [0.1, 0.15) is 11.7 Å². The molecule has 1 atom stereocenters. The van der Waals surface area contributed by atoms with Gasteiger partial charge in [-0.25, -0.2) is 0 Å². The summed E-state index contributed by atoms with van der Waals surface area (Å²) < 4.78 is 38.9. The molecule has 0 aliphatic carbocycles. The summed E-state index contributed by atoms with van der Waals surface area (Å²) in [6.45, 7) is -0.414. The molecule has 38 heavy (non-hydrogen) atoms. The van der Waals surface area contributed by atoms with Crippen molar-refractivity contribution < 1.29 is 32.3 Å². The molecule has 0 unspecified atom stereocenters. The quantitative estimate of drug-likeness (QED) is 0.279. The highest BCUT2D eigenvalue weighted by Crippen LogP contribution is 2.16. The van der Waals surface area contributed by atoms with Crippen LogP contribution >= 0.6 is 0 Å². The molecule has 0 radical (unpaired) electrons. The molecule has 1 aromatic heterocycles. The van der Waals surface area contributed by atoms with Crippen molar-refractivity contribution in [2.75, 3.05) is 6.54 Å². The molecule has 0 aliphatic rings. The Balaban J connectivity index is 1.82. The lowest BCUT2D eigenvalue weighted by molar-refractivity contribution is -0.174. The van der Waals surface area contributed by atoms with Gasteiger partial charge in [-0.3, -0.25) is 24.2 Å². The Hall–Kier alpha value is -4.80. The number of rotatable bonds is 10. The number of halogens is 3. The number of pyridine rings is 1. The summed E-state index contributed by atoms with van der Waals surface area (Å²) in [6.07, 6.45) is -1.36. The van der Waals surface area contributed by atoms with Crippen molar-refractivity contribution >= 4 is 29.6 Å². The van der Waals surface area contributed by atoms with Gasteiger partial charge in [0, 0.05) is 24.4 Å². The van der Waals surface area contributed by atoms with Crippen molar-refractivity contribution in [3.05, 3.63) is 108 Å². The van der Waals surface area contributed by atoms with Crippen LogP contribution in [0.3, 0.4) is 0 Å². The molecule has 2 aromatic carbocycles. The molecule has 3 N–H and O–H groups in total. The van der Waals surface area contributed by atoms with E-state index in [0.29, 0.717) is 16.7 Å². The third-order valence-electron chi connectivity index (χ3n) is 5.19. The third kappa shape index (κ3) is 8.40. The van der Waals surface area contributed by atoms with E-state index in [1.165, 1.54) is 30.6 Å². The van der Waals surface area contributed by atoms with Crippen LogP contribution in [0.1, 0.15) is 21.5 Å². The monoisotopic (exact) mass is 524 g/mol. The van der Waals surface area contributed by atoms with E-state index in [2.05, 4.69) is 15.6 Å². The number of benzene rings is 2. The molecule has 0 spiro atoms. The molecule has 11 heteroatoms. The van der Waals surface area contributed by atoms with Gasteiger partial charge in [-0.15, -0.1) is 0 Å². The fraction of sp³-hybridized carbons (Fsp3) is 0.148. The molecule has 0 bridgehead atoms. The summed E-state index contributed by atoms with van der Waals surface area (Å²) in [5, 5.41) is 6.40. The largest absolute Gasteiger partial charge is 0.471 e. The molecule has 0 fully saturated rings. The zero-order chi connectivity index (χ0) is 27.5. The molecular formula is C27H23F3N4O4. The van der Waals surface area contributed by atoms with E-state index in [0.717, 1.165) is 0 Å². The van der Waals surface area contributed by atoms with E-state index in [1.807, 2.05) is 0 Å². The molecule has 1 heterocycles. The Morgan fingerprint density at radius 2 is 1.47 bits per heavy atom. The van der Waals surface area contributed by atoms with Gasteiger partial charge in [-0.05, 0) is 29.3 Å². The SMILES string of the molecule is O=C(NCC(=O)c1ccncc1)/C(=C\c1ccccc1)NC(=O)[C@H](Cc1ccccc1)NC(=O)C(F)(F)F. The van der Waals surface area contributed by atoms with Crippen LogP contribution in [0, 0.1) is 0 Å². The van der Waals surface area contributed by atoms with Gasteiger partial charge in [0.2, 0.25) is 5.91 Å². The summed E-state index contributed by atoms with van der Waals surface area (Å²) >= 11 is 0. The number of nitrogens with one attached hydrogen (secondary N) is 3. The second-order valence-corrected chi connectivity index (χ2v) is 8.01. The smallest absolute Gasteiger partial charge is 0.343 e. The minimum Gasteiger partial charge on any atom is -0.343 e. The minimum atomic E-state index is -5.22. The van der Waals surface area contributed by atoms with E-state index in [-0.39, 0.29) is 12.1 Å². The standard InChI is InChI=1S/C27H23F3N4O4/c28-27(29,30)26(38)34-22(16-19-9-5-2-6-10-19)25(37)33-21(15-18-7-3-1-4-8-18)24(36)32-17-23(35)20-11-13-31-14-12-20/h1-15,22H,16-17H2,(H,32,36)(H,33,37)(H,34,38)/b21-15+/t22-/m0/s1. The fourth-order valence-electron chi connectivity index (χ4n) is 3.29. The second kappa shape index (κ2) is 12.9. The Morgan fingerprint density at radius 1 is 0.868 bits per heavy atom. The summed E-state index contributed by atoms with van der Waals surface area (Å²) in [6, 6.07) is 17.7. The van der Waals surface area contributed by atoms with E-state index in [1.54, 1.807) is 66.0 Å². The van der Waals surface area contributed by atoms with Crippen LogP contribution in [0.4, 0.5) is 13.2 Å². The van der Waals surface area contributed by atoms with E-state index in [9.17, 15) is 32.3 Å². The summed E-state index contributed by atoms with van der Waals surface area (Å²) in [4.78, 5) is 53.9. The maximum atomic E-state index is 13.1. The first-order valence-corrected chi connectivity index (χ1v) is 11.3. The van der Waals surface area contributed by atoms with Crippen LogP contribution in [0.15, 0.2) is 90.9 Å². The van der Waals surface area contributed by atoms with E-state index in [4.69, 9.17) is 0 Å². The predicted octanol–water partition coefficient (Wildman–Crippen LogP) is 2.83. The maximum absolute atomic E-state index is 13.1. The molecule has 3 aromatic rings. The number of aromatic nitrogens is 1. The number of hydrogen-bond donors (Lipinski definition) is 3. The molecule has 3 rings (SSSR count). The van der Waals surface area contributed by atoms with Gasteiger partial charge >= 0.3 is 12.1 Å². The molecule has 3 amide bonds. The zero-order valence-corrected chi connectivity index (χ0v) is 19.9. The Morgan fingerprint density at radius 3 is 2.08 bits per heavy atom. The summed E-state index contributed by atoms with van der Waals surface area (Å²) in [5.74, 6) is -4.63. The average Bonchev–Trinajstić information content (AvgIpc) is 2.91. The highest BCUT2D eigenvalue weighted by atomic mass is 19.4. The van der Waals surface area contributed by atoms with Gasteiger partial charge in [0.25, 0.3) is 5.91 Å². The molecular weight excluding hydrogens is 501 g/mol. The van der Waals surface area contributed by atoms with Crippen molar-refractivity contribution in [1.29, 1.82) is 0 Å². The van der Waals surface area contributed by atoms with Crippen molar-refractivity contribution in [1.82, 2.24) is 20.9 Å². The summed E-state index contributed by atoms with van der Waals surface area (Å²) in [5.41, 5.74) is 0.951.